The Morgan fingerprint density at radius 1 is 1.05 bits per heavy atom. The number of piperidine rings is 1. The molecule has 6 aliphatic heterocycles. The summed E-state index contributed by atoms with van der Waals surface area (Å²) in [7, 11) is 1.61. The van der Waals surface area contributed by atoms with Crippen LogP contribution in [-0.2, 0) is 6.54 Å². The van der Waals surface area contributed by atoms with Gasteiger partial charge in [-0.25, -0.2) is 15.4 Å². The van der Waals surface area contributed by atoms with Gasteiger partial charge in [0.05, 0.1) is 49.0 Å². The Morgan fingerprint density at radius 3 is 2.60 bits per heavy atom. The summed E-state index contributed by atoms with van der Waals surface area (Å²) in [6.45, 7) is 11.2. The first-order valence-corrected chi connectivity index (χ1v) is 14.4. The molecular weight excluding hydrogens is 502 g/mol. The molecule has 10 heteroatoms. The molecule has 0 radical (unpaired) electrons. The maximum Gasteiger partial charge on any atom is 0.231 e. The average Bonchev–Trinajstić information content (AvgIpc) is 3.40. The number of methoxy groups -OCH3 is 1. The zero-order valence-electron chi connectivity index (χ0n) is 23.5. The van der Waals surface area contributed by atoms with Crippen LogP contribution in [0.4, 0.5) is 5.82 Å². The van der Waals surface area contributed by atoms with Gasteiger partial charge in [0.25, 0.3) is 0 Å². The Hall–Kier alpha value is -3.60. The van der Waals surface area contributed by atoms with E-state index in [1.165, 1.54) is 28.8 Å². The molecule has 2 aromatic rings. The Kier molecular flexibility index (Phi) is 6.61. The molecule has 10 nitrogen and oxygen atoms in total. The van der Waals surface area contributed by atoms with Crippen molar-refractivity contribution in [3.05, 3.63) is 76.9 Å². The average molecular weight is 540 g/mol. The third-order valence-corrected chi connectivity index (χ3v) is 8.91. The van der Waals surface area contributed by atoms with Gasteiger partial charge in [0.2, 0.25) is 5.88 Å². The molecule has 2 atom stereocenters. The van der Waals surface area contributed by atoms with E-state index in [1.807, 2.05) is 18.6 Å². The number of hydrazine groups is 1. The lowest BCUT2D eigenvalue weighted by Crippen LogP contribution is -2.68. The smallest absolute Gasteiger partial charge is 0.231 e. The monoisotopic (exact) mass is 539 g/mol. The quantitative estimate of drug-likeness (QED) is 0.567. The molecule has 6 aliphatic rings. The van der Waals surface area contributed by atoms with Gasteiger partial charge in [-0.2, -0.15) is 0 Å². The summed E-state index contributed by atoms with van der Waals surface area (Å²) in [5, 5.41) is 2.18. The van der Waals surface area contributed by atoms with Crippen LogP contribution in [0.5, 0.6) is 5.88 Å². The van der Waals surface area contributed by atoms with Crippen LogP contribution >= 0.6 is 0 Å². The van der Waals surface area contributed by atoms with Crippen molar-refractivity contribution in [1.29, 1.82) is 0 Å². The molecule has 3 saturated heterocycles. The van der Waals surface area contributed by atoms with E-state index in [4.69, 9.17) is 14.7 Å². The first kappa shape index (κ1) is 25.4. The van der Waals surface area contributed by atoms with Gasteiger partial charge in [0.1, 0.15) is 5.82 Å². The Morgan fingerprint density at radius 2 is 1.93 bits per heavy atom. The van der Waals surface area contributed by atoms with E-state index in [0.29, 0.717) is 18.0 Å². The SMILES string of the molecule is CCN1CC=C(C2=CN3NCC(C)=C3C(c3cnc(N4CC5CC(C4)N5Cc4cnc(OC)cn4)cn3)=C2)CC1. The van der Waals surface area contributed by atoms with E-state index >= 15 is 0 Å². The highest BCUT2D eigenvalue weighted by Crippen LogP contribution is 2.38. The number of aromatic nitrogens is 4. The molecule has 2 unspecified atom stereocenters. The molecule has 40 heavy (non-hydrogen) atoms. The summed E-state index contributed by atoms with van der Waals surface area (Å²) in [4.78, 5) is 26.1. The third-order valence-electron chi connectivity index (χ3n) is 8.91. The van der Waals surface area contributed by atoms with Gasteiger partial charge in [0.15, 0.2) is 0 Å². The largest absolute Gasteiger partial charge is 0.480 e. The number of rotatable bonds is 7. The minimum absolute atomic E-state index is 0.496. The van der Waals surface area contributed by atoms with Crippen LogP contribution in [0.3, 0.4) is 0 Å². The number of hydrogen-bond acceptors (Lipinski definition) is 10. The van der Waals surface area contributed by atoms with Gasteiger partial charge in [-0.1, -0.05) is 13.0 Å². The highest BCUT2D eigenvalue weighted by atomic mass is 16.5. The highest BCUT2D eigenvalue weighted by molar-refractivity contribution is 5.82. The maximum absolute atomic E-state index is 5.14. The fourth-order valence-electron chi connectivity index (χ4n) is 6.55. The number of nitrogens with one attached hydrogen (secondary N) is 1. The first-order valence-electron chi connectivity index (χ1n) is 14.4. The van der Waals surface area contributed by atoms with Crippen molar-refractivity contribution in [2.24, 2.45) is 0 Å². The minimum atomic E-state index is 0.496. The molecular formula is C30H37N9O. The van der Waals surface area contributed by atoms with E-state index in [0.717, 1.165) is 75.0 Å². The van der Waals surface area contributed by atoms with Crippen molar-refractivity contribution >= 4 is 11.4 Å². The number of anilines is 1. The van der Waals surface area contributed by atoms with Crippen LogP contribution in [0, 0.1) is 0 Å². The topological polar surface area (TPSA) is 85.8 Å². The van der Waals surface area contributed by atoms with E-state index in [2.05, 4.69) is 67.3 Å². The second-order valence-electron chi connectivity index (χ2n) is 11.3. The molecule has 8 rings (SSSR count). The molecule has 2 aromatic heterocycles. The Balaban J connectivity index is 1.06. The van der Waals surface area contributed by atoms with Crippen LogP contribution in [0.15, 0.2) is 65.6 Å². The van der Waals surface area contributed by atoms with Gasteiger partial charge in [-0.15, -0.1) is 0 Å². The molecule has 8 heterocycles. The lowest BCUT2D eigenvalue weighted by Gasteiger charge is -2.56. The number of fused-ring (bicyclic) bond motifs is 3. The molecule has 0 aromatic carbocycles. The predicted octanol–water partition coefficient (Wildman–Crippen LogP) is 2.77. The summed E-state index contributed by atoms with van der Waals surface area (Å²) in [6.07, 6.45) is 16.7. The van der Waals surface area contributed by atoms with E-state index < -0.39 is 0 Å². The lowest BCUT2D eigenvalue weighted by atomic mass is 9.87. The molecule has 3 fully saturated rings. The molecule has 208 valence electrons. The number of ether oxygens (including phenoxy) is 1. The number of hydrogen-bond donors (Lipinski definition) is 1. The minimum Gasteiger partial charge on any atom is -0.480 e. The van der Waals surface area contributed by atoms with Crippen LogP contribution < -0.4 is 15.1 Å². The first-order chi connectivity index (χ1) is 19.6. The molecule has 0 saturated carbocycles. The fourth-order valence-corrected chi connectivity index (χ4v) is 6.55. The van der Waals surface area contributed by atoms with Crippen LogP contribution in [0.25, 0.3) is 5.57 Å². The van der Waals surface area contributed by atoms with Crippen LogP contribution in [-0.4, -0.2) is 93.2 Å². The van der Waals surface area contributed by atoms with Gasteiger partial charge in [-0.05, 0) is 49.1 Å². The molecule has 2 bridgehead atoms. The number of allylic oxidation sites excluding steroid dienone is 3. The molecule has 1 N–H and O–H groups in total. The second kappa shape index (κ2) is 10.4. The van der Waals surface area contributed by atoms with Gasteiger partial charge >= 0.3 is 0 Å². The normalized spacial score (nSPS) is 24.8. The zero-order chi connectivity index (χ0) is 27.2. The van der Waals surface area contributed by atoms with Crippen molar-refractivity contribution in [2.45, 2.75) is 45.3 Å². The summed E-state index contributed by atoms with van der Waals surface area (Å²) in [5.74, 6) is 1.51. The summed E-state index contributed by atoms with van der Waals surface area (Å²) >= 11 is 0. The third kappa shape index (κ3) is 4.59. The second-order valence-corrected chi connectivity index (χ2v) is 11.3. The standard InChI is InChI=1S/C30H37N9O/c1-4-36-7-5-21(6-8-36)22-9-26(30-20(2)11-35-39(30)16-22)27-13-33-28(14-32-27)37-18-24-10-25(19-37)38(24)17-23-12-34-29(40-3)15-31-23/h5,9,12-16,24-25,35H,4,6-8,10-11,17-19H2,1-3H3. The molecule has 0 spiro atoms. The van der Waals surface area contributed by atoms with E-state index in [9.17, 15) is 0 Å². The van der Waals surface area contributed by atoms with Crippen molar-refractivity contribution in [2.75, 3.05) is 51.3 Å². The fraction of sp³-hybridized carbons (Fsp3) is 0.467. The number of piperazine rings is 1. The lowest BCUT2D eigenvalue weighted by molar-refractivity contribution is -0.00981. The predicted molar refractivity (Wildman–Crippen MR) is 154 cm³/mol. The summed E-state index contributed by atoms with van der Waals surface area (Å²) in [5.41, 5.74) is 11.8. The van der Waals surface area contributed by atoms with Crippen LogP contribution in [0.1, 0.15) is 38.1 Å². The van der Waals surface area contributed by atoms with Crippen molar-refractivity contribution in [1.82, 2.24) is 40.2 Å². The van der Waals surface area contributed by atoms with Gasteiger partial charge < -0.3 is 9.64 Å². The van der Waals surface area contributed by atoms with Crippen LogP contribution in [0.2, 0.25) is 0 Å². The van der Waals surface area contributed by atoms with Crippen molar-refractivity contribution < 1.29 is 4.74 Å². The summed E-state index contributed by atoms with van der Waals surface area (Å²) in [6, 6.07) is 0.993. The summed E-state index contributed by atoms with van der Waals surface area (Å²) < 4.78 is 5.14. The van der Waals surface area contributed by atoms with E-state index in [-0.39, 0.29) is 0 Å². The zero-order valence-corrected chi connectivity index (χ0v) is 23.5. The van der Waals surface area contributed by atoms with Gasteiger partial charge in [0, 0.05) is 63.1 Å². The van der Waals surface area contributed by atoms with Gasteiger partial charge in [-0.3, -0.25) is 24.8 Å². The van der Waals surface area contributed by atoms with Crippen molar-refractivity contribution in [3.63, 3.8) is 0 Å². The van der Waals surface area contributed by atoms with E-state index in [1.54, 1.807) is 13.3 Å². The molecule has 0 aliphatic carbocycles. The Bertz CT molecular complexity index is 1380. The molecule has 0 amide bonds. The Labute approximate surface area is 235 Å². The van der Waals surface area contributed by atoms with Crippen molar-refractivity contribution in [3.8, 4) is 5.88 Å². The number of likely N-dealkylation sites (N-methyl/N-ethyl adjacent to an activating group) is 1. The number of nitrogens with zero attached hydrogens (tertiary/aromatic N) is 8. The highest BCUT2D eigenvalue weighted by Gasteiger charge is 2.45. The maximum atomic E-state index is 5.14.